The first-order valence-corrected chi connectivity index (χ1v) is 38.3. The van der Waals surface area contributed by atoms with Gasteiger partial charge in [0.05, 0.1) is 38.8 Å². The number of carboxylic acid groups (broad SMARTS) is 4. The highest BCUT2D eigenvalue weighted by molar-refractivity contribution is 6.02. The molecule has 1 fully saturated rings. The van der Waals surface area contributed by atoms with Gasteiger partial charge in [0.15, 0.2) is 6.10 Å². The maximum Gasteiger partial charge on any atom is 0.335 e. The minimum absolute atomic E-state index is 0.00303. The number of ether oxygens (including phenoxy) is 2. The van der Waals surface area contributed by atoms with E-state index in [0.717, 1.165) is 60.6 Å². The van der Waals surface area contributed by atoms with Gasteiger partial charge in [-0.25, -0.2) is 9.59 Å². The Labute approximate surface area is 673 Å². The summed E-state index contributed by atoms with van der Waals surface area (Å²) in [5, 5.41) is 67.6. The molecule has 0 bridgehead atoms. The Morgan fingerprint density at radius 1 is 0.590 bits per heavy atom. The van der Waals surface area contributed by atoms with Crippen LogP contribution >= 0.6 is 0 Å². The van der Waals surface area contributed by atoms with Crippen LogP contribution in [0, 0.1) is 17.8 Å². The van der Waals surface area contributed by atoms with Gasteiger partial charge in [-0.15, -0.1) is 0 Å². The number of nitrogens with zero attached hydrogens (tertiary/aromatic N) is 1. The molecule has 0 aliphatic carbocycles. The number of carbonyl (C=O) groups is 20. The number of para-hydroxylation sites is 1. The minimum atomic E-state index is -2.30. The topological polar surface area (TPSA) is 682 Å². The van der Waals surface area contributed by atoms with Crippen LogP contribution in [0.5, 0.6) is 0 Å². The molecule has 1 aliphatic heterocycles. The van der Waals surface area contributed by atoms with Gasteiger partial charge in [0.1, 0.15) is 72.6 Å². The summed E-state index contributed by atoms with van der Waals surface area (Å²) in [5.74, 6) is -29.1. The lowest BCUT2D eigenvalue weighted by molar-refractivity contribution is -0.159. The number of nitrogens with two attached hydrogens (primary N) is 3. The van der Waals surface area contributed by atoms with Crippen molar-refractivity contribution in [2.75, 3.05) is 33.8 Å². The van der Waals surface area contributed by atoms with Crippen LogP contribution in [0.4, 0.5) is 0 Å². The number of likely N-dealkylation sites (N-methyl/N-ethyl adjacent to an activating group) is 1. The molecule has 5 unspecified atom stereocenters. The first kappa shape index (κ1) is 99.3. The lowest BCUT2D eigenvalue weighted by atomic mass is 9.94. The van der Waals surface area contributed by atoms with Crippen LogP contribution in [0.3, 0.4) is 0 Å². The number of hydrogen-bond donors (Lipinski definition) is 20. The van der Waals surface area contributed by atoms with Crippen LogP contribution in [-0.4, -0.2) is 261 Å². The number of benzene rings is 1. The first-order valence-electron chi connectivity index (χ1n) is 38.3. The van der Waals surface area contributed by atoms with Gasteiger partial charge in [0.25, 0.3) is 0 Å². The number of H-pyrrole nitrogens is 1. The number of nitrogens with one attached hydrogen (secondary N) is 13. The SMILES string of the molecule is CCC(C)CCCCCCC(=O)N[C@@H](Cc1c[nH]c2ccccc12)C(=O)N[C@H](CCC(=O)O)C(=O)N[C@@H](CC(N)=O)C(=O)N[C@@H]1C(=O)N(C)CC(=O)N[C@@H](C)C(=O)N[C@@H](CC(=O)O)C(=O)N[C@H](CCCCN)C(=O)N[C@@H](C(OC)C(=O)O)C(=O)NCC(=O)N[C@H](CC(N)=O)C(=O)NC(C(C)CC(=O)O)C(=O)N[C@@H](C(C)CC)C(=O)O[C@@H]1C. The van der Waals surface area contributed by atoms with Crippen molar-refractivity contribution in [1.82, 2.24) is 73.7 Å². The summed E-state index contributed by atoms with van der Waals surface area (Å²) in [5.41, 5.74) is 18.0. The molecule has 0 spiro atoms. The normalized spacial score (nSPS) is 22.0. The van der Waals surface area contributed by atoms with Gasteiger partial charge >= 0.3 is 29.8 Å². The molecule has 43 nitrogen and oxygen atoms in total. The van der Waals surface area contributed by atoms with Crippen molar-refractivity contribution in [2.24, 2.45) is 35.0 Å². The van der Waals surface area contributed by atoms with Crippen LogP contribution in [0.2, 0.25) is 0 Å². The molecule has 15 amide bonds. The second-order valence-electron chi connectivity index (χ2n) is 28.9. The van der Waals surface area contributed by atoms with Crippen molar-refractivity contribution in [2.45, 2.75) is 243 Å². The van der Waals surface area contributed by atoms with Gasteiger partial charge in [0.2, 0.25) is 88.6 Å². The summed E-state index contributed by atoms with van der Waals surface area (Å²) < 4.78 is 10.8. The molecule has 1 saturated heterocycles. The quantitative estimate of drug-likeness (QED) is 0.0222. The van der Waals surface area contributed by atoms with E-state index >= 15 is 4.79 Å². The number of fused-ring (bicyclic) bond motifs is 1. The van der Waals surface area contributed by atoms with Crippen LogP contribution in [0.15, 0.2) is 30.5 Å². The van der Waals surface area contributed by atoms with E-state index in [1.54, 1.807) is 30.5 Å². The average molecular weight is 1660 g/mol. The van der Waals surface area contributed by atoms with Crippen molar-refractivity contribution < 1.29 is 126 Å². The third kappa shape index (κ3) is 34.2. The number of esters is 1. The first-order chi connectivity index (χ1) is 55.0. The van der Waals surface area contributed by atoms with Gasteiger partial charge in [0, 0.05) is 50.5 Å². The van der Waals surface area contributed by atoms with Gasteiger partial charge in [-0.1, -0.05) is 91.3 Å². The second kappa shape index (κ2) is 49.8. The summed E-state index contributed by atoms with van der Waals surface area (Å²) in [6.45, 7) is 8.05. The zero-order valence-corrected chi connectivity index (χ0v) is 66.9. The Hall–Kier alpha value is -11.9. The molecule has 43 heteroatoms. The van der Waals surface area contributed by atoms with Gasteiger partial charge < -0.3 is 121 Å². The van der Waals surface area contributed by atoms with Crippen LogP contribution in [0.25, 0.3) is 10.9 Å². The Kier molecular flexibility index (Phi) is 42.2. The largest absolute Gasteiger partial charge is 0.481 e. The molecule has 650 valence electrons. The Bertz CT molecular complexity index is 3870. The molecule has 1 aliphatic rings. The fourth-order valence-corrected chi connectivity index (χ4v) is 12.3. The highest BCUT2D eigenvalue weighted by Gasteiger charge is 2.43. The molecule has 16 atom stereocenters. The van der Waals surface area contributed by atoms with Crippen LogP contribution < -0.4 is 81.0 Å². The molecule has 1 aromatic carbocycles. The number of unbranched alkanes of at least 4 members (excludes halogenated alkanes) is 4. The maximum atomic E-state index is 15.0. The number of aromatic amines is 1. The summed E-state index contributed by atoms with van der Waals surface area (Å²) in [4.78, 5) is 278. The highest BCUT2D eigenvalue weighted by Crippen LogP contribution is 2.22. The van der Waals surface area contributed by atoms with E-state index in [4.69, 9.17) is 26.7 Å². The molecule has 2 heterocycles. The number of hydrogen-bond acceptors (Lipinski definition) is 23. The molecule has 117 heavy (non-hydrogen) atoms. The predicted octanol–water partition coefficient (Wildman–Crippen LogP) is -4.55. The summed E-state index contributed by atoms with van der Waals surface area (Å²) in [6.07, 6.45) is -3.89. The fraction of sp³-hybridized carbons (Fsp3) is 0.622. The second-order valence-corrected chi connectivity index (χ2v) is 28.9. The molecule has 3 rings (SSSR count). The summed E-state index contributed by atoms with van der Waals surface area (Å²) in [7, 11) is 1.75. The third-order valence-corrected chi connectivity index (χ3v) is 19.3. The van der Waals surface area contributed by atoms with Crippen LogP contribution in [-0.2, 0) is 112 Å². The highest BCUT2D eigenvalue weighted by atomic mass is 16.5. The molecule has 0 radical (unpaired) electrons. The van der Waals surface area contributed by atoms with Crippen molar-refractivity contribution in [1.29, 1.82) is 0 Å². The number of amides is 15. The molecule has 0 saturated carbocycles. The van der Waals surface area contributed by atoms with Gasteiger partial charge in [-0.05, 0) is 81.9 Å². The molecule has 1 aromatic heterocycles. The average Bonchev–Trinajstić information content (AvgIpc) is 1.67. The summed E-state index contributed by atoms with van der Waals surface area (Å²) in [6, 6.07) is -14.7. The molecule has 23 N–H and O–H groups in total. The van der Waals surface area contributed by atoms with E-state index in [1.807, 2.05) is 5.32 Å². The standard InChI is InChI=1S/C74H113N17O26/c1-10-36(3)20-14-12-13-15-24-52(94)81-46(29-41-33-78-43-22-17-16-21-42(41)43)66(106)84-45(25-26-55(97)98)64(104)86-48(31-51(77)93)69(109)89-60-40(7)117-74(115)59(37(4)11-2)88-71(111)58(38(5)28-56(99)100)87-68(108)47(30-50(76)92)82-53(95)34-79-70(110)61(62(116-9)73(113)114)90-65(105)44(23-18-19-27-75)83-67(107)49(32-57(101)102)85-63(103)39(6)80-54(96)35-91(8)72(60)112/h16-17,21-22,33,36-40,44-49,58-62,78H,10-15,18-20,23-32,34-35,75H2,1-9H3,(H2,76,92)(H2,77,93)(H,79,110)(H,80,96)(H,81,94)(H,82,95)(H,83,107)(H,84,106)(H,85,103)(H,86,104)(H,87,108)(H,88,111)(H,89,109)(H,90,105)(H,97,98)(H,99,100)(H,101,102)(H,113,114)/t36?,37?,38?,39-,40+,44+,45+,46-,47+,48-,49-,58?,59-,60-,61-,62?/m0/s1. The third-order valence-electron chi connectivity index (χ3n) is 19.3. The molecule has 2 aromatic rings. The lowest BCUT2D eigenvalue weighted by Crippen LogP contribution is -2.62. The van der Waals surface area contributed by atoms with E-state index in [9.17, 15) is 112 Å². The summed E-state index contributed by atoms with van der Waals surface area (Å²) >= 11 is 0. The minimum Gasteiger partial charge on any atom is -0.481 e. The number of methoxy groups -OCH3 is 1. The van der Waals surface area contributed by atoms with E-state index in [-0.39, 0.29) is 45.1 Å². The zero-order chi connectivity index (χ0) is 88.1. The monoisotopic (exact) mass is 1660 g/mol. The van der Waals surface area contributed by atoms with Crippen molar-refractivity contribution in [3.63, 3.8) is 0 Å². The van der Waals surface area contributed by atoms with Crippen molar-refractivity contribution in [3.8, 4) is 0 Å². The van der Waals surface area contributed by atoms with Crippen molar-refractivity contribution >= 4 is 129 Å². The van der Waals surface area contributed by atoms with E-state index in [0.29, 0.717) is 40.1 Å². The van der Waals surface area contributed by atoms with E-state index in [1.165, 1.54) is 13.8 Å². The number of carboxylic acids is 4. The predicted molar refractivity (Wildman–Crippen MR) is 411 cm³/mol. The number of rotatable bonds is 38. The smallest absolute Gasteiger partial charge is 0.335 e. The fourth-order valence-electron chi connectivity index (χ4n) is 12.3. The number of aromatic nitrogens is 1. The lowest BCUT2D eigenvalue weighted by Gasteiger charge is -2.32. The number of aliphatic carboxylic acids is 4. The number of carbonyl (C=O) groups excluding carboxylic acids is 16. The Balaban J connectivity index is 2.27. The van der Waals surface area contributed by atoms with E-state index < -0.39 is 261 Å². The van der Waals surface area contributed by atoms with E-state index in [2.05, 4.69) is 77.3 Å². The van der Waals surface area contributed by atoms with Crippen LogP contribution in [0.1, 0.15) is 163 Å². The number of primary amides is 2. The zero-order valence-electron chi connectivity index (χ0n) is 66.9. The van der Waals surface area contributed by atoms with Gasteiger partial charge in [-0.2, -0.15) is 0 Å². The molecular formula is C74H113N17O26. The van der Waals surface area contributed by atoms with Gasteiger partial charge in [-0.3, -0.25) is 86.3 Å². The molecular weight excluding hydrogens is 1540 g/mol. The van der Waals surface area contributed by atoms with Crippen molar-refractivity contribution in [3.05, 3.63) is 36.0 Å². The Morgan fingerprint density at radius 2 is 1.20 bits per heavy atom. The number of cyclic esters (lactones) is 1. The Morgan fingerprint density at radius 3 is 1.80 bits per heavy atom. The maximum absolute atomic E-state index is 15.0.